The molecule has 1 saturated heterocycles. The van der Waals surface area contributed by atoms with E-state index in [1.807, 2.05) is 0 Å². The van der Waals surface area contributed by atoms with E-state index < -0.39 is 0 Å². The van der Waals surface area contributed by atoms with E-state index in [1.165, 1.54) is 6.07 Å². The highest BCUT2D eigenvalue weighted by Crippen LogP contribution is 2.21. The summed E-state index contributed by atoms with van der Waals surface area (Å²) < 4.78 is 18.6. The first kappa shape index (κ1) is 14.0. The molecule has 1 fully saturated rings. The fourth-order valence-electron chi connectivity index (χ4n) is 2.49. The van der Waals surface area contributed by atoms with E-state index in [-0.39, 0.29) is 17.8 Å². The lowest BCUT2D eigenvalue weighted by Gasteiger charge is -2.36. The lowest BCUT2D eigenvalue weighted by atomic mass is 9.95. The van der Waals surface area contributed by atoms with Gasteiger partial charge in [0.1, 0.15) is 5.82 Å². The Kier molecular flexibility index (Phi) is 4.20. The summed E-state index contributed by atoms with van der Waals surface area (Å²) in [7, 11) is 1.68. The van der Waals surface area contributed by atoms with Crippen molar-refractivity contribution in [2.45, 2.75) is 26.4 Å². The van der Waals surface area contributed by atoms with Gasteiger partial charge < -0.3 is 9.64 Å². The van der Waals surface area contributed by atoms with Crippen molar-refractivity contribution in [2.75, 3.05) is 20.2 Å². The van der Waals surface area contributed by atoms with Gasteiger partial charge in [-0.05, 0) is 43.0 Å². The van der Waals surface area contributed by atoms with Crippen molar-refractivity contribution in [2.24, 2.45) is 5.92 Å². The van der Waals surface area contributed by atoms with Gasteiger partial charge in [0, 0.05) is 25.8 Å². The number of likely N-dealkylation sites (tertiary alicyclic amines) is 1. The van der Waals surface area contributed by atoms with E-state index in [0.29, 0.717) is 23.6 Å². The molecule has 2 unspecified atom stereocenters. The molecular formula is C15H20FNO2. The minimum Gasteiger partial charge on any atom is -0.379 e. The van der Waals surface area contributed by atoms with Crippen molar-refractivity contribution in [1.29, 1.82) is 0 Å². The number of carbonyl (C=O) groups is 1. The van der Waals surface area contributed by atoms with Gasteiger partial charge in [-0.3, -0.25) is 4.79 Å². The molecule has 0 radical (unpaired) electrons. The number of hydrogen-bond donors (Lipinski definition) is 0. The Morgan fingerprint density at radius 3 is 2.84 bits per heavy atom. The third-order valence-electron chi connectivity index (χ3n) is 3.88. The van der Waals surface area contributed by atoms with Gasteiger partial charge in [-0.25, -0.2) is 4.39 Å². The van der Waals surface area contributed by atoms with Gasteiger partial charge in [-0.15, -0.1) is 0 Å². The summed E-state index contributed by atoms with van der Waals surface area (Å²) in [6.07, 6.45) is 1.02. The Balaban J connectivity index is 2.13. The number of methoxy groups -OCH3 is 1. The molecule has 4 heteroatoms. The lowest BCUT2D eigenvalue weighted by molar-refractivity contribution is -0.00157. The second-order valence-corrected chi connectivity index (χ2v) is 5.26. The highest BCUT2D eigenvalue weighted by Gasteiger charge is 2.29. The van der Waals surface area contributed by atoms with E-state index in [0.717, 1.165) is 13.0 Å². The number of aryl methyl sites for hydroxylation is 1. The van der Waals surface area contributed by atoms with Crippen LogP contribution in [0.5, 0.6) is 0 Å². The molecule has 2 rings (SSSR count). The number of ether oxygens (including phenoxy) is 1. The van der Waals surface area contributed by atoms with Crippen LogP contribution >= 0.6 is 0 Å². The average molecular weight is 265 g/mol. The Morgan fingerprint density at radius 2 is 2.21 bits per heavy atom. The van der Waals surface area contributed by atoms with Gasteiger partial charge in [0.05, 0.1) is 6.10 Å². The fourth-order valence-corrected chi connectivity index (χ4v) is 2.49. The van der Waals surface area contributed by atoms with E-state index >= 15 is 0 Å². The Morgan fingerprint density at radius 1 is 1.47 bits per heavy atom. The molecular weight excluding hydrogens is 245 g/mol. The molecule has 1 aromatic carbocycles. The second-order valence-electron chi connectivity index (χ2n) is 5.26. The largest absolute Gasteiger partial charge is 0.379 e. The Bertz CT molecular complexity index is 475. The molecule has 1 aliphatic rings. The third kappa shape index (κ3) is 2.95. The molecule has 1 amide bonds. The maximum Gasteiger partial charge on any atom is 0.253 e. The van der Waals surface area contributed by atoms with Crippen LogP contribution in [-0.4, -0.2) is 37.1 Å². The first-order valence-electron chi connectivity index (χ1n) is 6.61. The van der Waals surface area contributed by atoms with E-state index in [2.05, 4.69) is 6.92 Å². The maximum atomic E-state index is 13.2. The summed E-state index contributed by atoms with van der Waals surface area (Å²) in [5.74, 6) is 0.139. The normalized spacial score (nSPS) is 23.5. The topological polar surface area (TPSA) is 29.5 Å². The minimum atomic E-state index is -0.279. The van der Waals surface area contributed by atoms with Crippen LogP contribution in [0.4, 0.5) is 4.39 Å². The third-order valence-corrected chi connectivity index (χ3v) is 3.88. The van der Waals surface area contributed by atoms with Crippen LogP contribution in [0.25, 0.3) is 0 Å². The SMILES string of the molecule is COC1CN(C(=O)c2ccc(F)c(C)c2)CCC1C. The number of benzene rings is 1. The molecule has 19 heavy (non-hydrogen) atoms. The summed E-state index contributed by atoms with van der Waals surface area (Å²) in [6, 6.07) is 4.50. The first-order chi connectivity index (χ1) is 9.02. The minimum absolute atomic E-state index is 0.0444. The quantitative estimate of drug-likeness (QED) is 0.822. The number of carbonyl (C=O) groups excluding carboxylic acids is 1. The van der Waals surface area contributed by atoms with Crippen molar-refractivity contribution in [3.05, 3.63) is 35.1 Å². The number of nitrogens with zero attached hydrogens (tertiary/aromatic N) is 1. The number of amides is 1. The van der Waals surface area contributed by atoms with E-state index in [1.54, 1.807) is 31.1 Å². The predicted octanol–water partition coefficient (Wildman–Crippen LogP) is 2.63. The summed E-state index contributed by atoms with van der Waals surface area (Å²) in [5, 5.41) is 0. The zero-order chi connectivity index (χ0) is 14.0. The van der Waals surface area contributed by atoms with Gasteiger partial charge >= 0.3 is 0 Å². The van der Waals surface area contributed by atoms with Crippen molar-refractivity contribution in [1.82, 2.24) is 4.90 Å². The van der Waals surface area contributed by atoms with Crippen molar-refractivity contribution < 1.29 is 13.9 Å². The molecule has 1 aliphatic heterocycles. The molecule has 0 spiro atoms. The van der Waals surface area contributed by atoms with Crippen LogP contribution in [0.2, 0.25) is 0 Å². The Labute approximate surface area is 113 Å². The van der Waals surface area contributed by atoms with Gasteiger partial charge in [-0.2, -0.15) is 0 Å². The molecule has 1 heterocycles. The van der Waals surface area contributed by atoms with Gasteiger partial charge in [0.15, 0.2) is 0 Å². The number of piperidine rings is 1. The number of halogens is 1. The predicted molar refractivity (Wildman–Crippen MR) is 71.6 cm³/mol. The van der Waals surface area contributed by atoms with Crippen LogP contribution in [-0.2, 0) is 4.74 Å². The van der Waals surface area contributed by atoms with Crippen LogP contribution in [0.15, 0.2) is 18.2 Å². The molecule has 0 aliphatic carbocycles. The maximum absolute atomic E-state index is 13.2. The highest BCUT2D eigenvalue weighted by molar-refractivity contribution is 5.94. The molecule has 104 valence electrons. The molecule has 3 nitrogen and oxygen atoms in total. The fraction of sp³-hybridized carbons (Fsp3) is 0.533. The summed E-state index contributed by atoms with van der Waals surface area (Å²) >= 11 is 0. The summed E-state index contributed by atoms with van der Waals surface area (Å²) in [5.41, 5.74) is 1.04. The monoisotopic (exact) mass is 265 g/mol. The van der Waals surface area contributed by atoms with Gasteiger partial charge in [0.25, 0.3) is 5.91 Å². The van der Waals surface area contributed by atoms with Gasteiger partial charge in [-0.1, -0.05) is 6.92 Å². The number of rotatable bonds is 2. The van der Waals surface area contributed by atoms with Crippen LogP contribution < -0.4 is 0 Å². The van der Waals surface area contributed by atoms with Crippen molar-refractivity contribution in [3.63, 3.8) is 0 Å². The van der Waals surface area contributed by atoms with Crippen LogP contribution in [0.1, 0.15) is 29.3 Å². The summed E-state index contributed by atoms with van der Waals surface area (Å²) in [4.78, 5) is 14.2. The molecule has 0 bridgehead atoms. The molecule has 0 N–H and O–H groups in total. The smallest absolute Gasteiger partial charge is 0.253 e. The lowest BCUT2D eigenvalue weighted by Crippen LogP contribution is -2.46. The van der Waals surface area contributed by atoms with Crippen LogP contribution in [0, 0.1) is 18.7 Å². The van der Waals surface area contributed by atoms with Gasteiger partial charge in [0.2, 0.25) is 0 Å². The zero-order valence-electron chi connectivity index (χ0n) is 11.6. The van der Waals surface area contributed by atoms with Crippen molar-refractivity contribution >= 4 is 5.91 Å². The standard InChI is InChI=1S/C15H20FNO2/c1-10-6-7-17(9-14(10)19-3)15(18)12-4-5-13(16)11(2)8-12/h4-5,8,10,14H,6-7,9H2,1-3H3. The average Bonchev–Trinajstić information content (AvgIpc) is 2.41. The van der Waals surface area contributed by atoms with E-state index in [9.17, 15) is 9.18 Å². The molecule has 2 atom stereocenters. The first-order valence-corrected chi connectivity index (χ1v) is 6.61. The van der Waals surface area contributed by atoms with Crippen molar-refractivity contribution in [3.8, 4) is 0 Å². The molecule has 0 saturated carbocycles. The van der Waals surface area contributed by atoms with E-state index in [4.69, 9.17) is 4.74 Å². The highest BCUT2D eigenvalue weighted by atomic mass is 19.1. The molecule has 0 aromatic heterocycles. The van der Waals surface area contributed by atoms with Crippen LogP contribution in [0.3, 0.4) is 0 Å². The zero-order valence-corrected chi connectivity index (χ0v) is 11.6. The molecule has 1 aromatic rings. The summed E-state index contributed by atoms with van der Waals surface area (Å²) in [6.45, 7) is 5.14. The Hall–Kier alpha value is -1.42. The number of hydrogen-bond acceptors (Lipinski definition) is 2. The second kappa shape index (κ2) is 5.70.